The molecule has 5 heteroatoms. The van der Waals surface area contributed by atoms with Crippen molar-refractivity contribution in [3.63, 3.8) is 0 Å². The van der Waals surface area contributed by atoms with Crippen LogP contribution in [-0.2, 0) is 0 Å². The van der Waals surface area contributed by atoms with Crippen molar-refractivity contribution in [3.05, 3.63) is 42.0 Å². The number of piperidine rings is 1. The minimum absolute atomic E-state index is 0.462. The summed E-state index contributed by atoms with van der Waals surface area (Å²) in [6, 6.07) is 5.89. The number of nitrogens with one attached hydrogen (secondary N) is 2. The van der Waals surface area contributed by atoms with Gasteiger partial charge in [0.15, 0.2) is 0 Å². The van der Waals surface area contributed by atoms with E-state index in [9.17, 15) is 0 Å². The Kier molecular flexibility index (Phi) is 3.87. The van der Waals surface area contributed by atoms with Crippen molar-refractivity contribution in [2.45, 2.75) is 25.7 Å². The Morgan fingerprint density at radius 3 is 2.95 bits per heavy atom. The summed E-state index contributed by atoms with van der Waals surface area (Å²) in [5.41, 5.74) is 2.03. The zero-order valence-corrected chi connectivity index (χ0v) is 11.6. The van der Waals surface area contributed by atoms with Gasteiger partial charge in [0.05, 0.1) is 11.9 Å². The number of hydrogen-bond donors (Lipinski definition) is 2. The van der Waals surface area contributed by atoms with Crippen molar-refractivity contribution in [1.82, 2.24) is 20.3 Å². The highest BCUT2D eigenvalue weighted by Gasteiger charge is 2.17. The Morgan fingerprint density at radius 1 is 1.20 bits per heavy atom. The lowest BCUT2D eigenvalue weighted by Gasteiger charge is -2.22. The van der Waals surface area contributed by atoms with Crippen molar-refractivity contribution >= 4 is 11.6 Å². The van der Waals surface area contributed by atoms with E-state index < -0.39 is 0 Å². The molecule has 0 unspecified atom stereocenters. The molecule has 2 aromatic heterocycles. The fourth-order valence-electron chi connectivity index (χ4n) is 2.49. The number of anilines is 2. The van der Waals surface area contributed by atoms with Crippen molar-refractivity contribution in [3.8, 4) is 0 Å². The lowest BCUT2D eigenvalue weighted by Crippen LogP contribution is -2.29. The third-order valence-electron chi connectivity index (χ3n) is 3.51. The summed E-state index contributed by atoms with van der Waals surface area (Å²) < 4.78 is 0. The first-order valence-electron chi connectivity index (χ1n) is 7.04. The lowest BCUT2D eigenvalue weighted by atomic mass is 9.96. The van der Waals surface area contributed by atoms with Crippen LogP contribution in [0.25, 0.3) is 0 Å². The average molecular weight is 269 g/mol. The first-order valence-corrected chi connectivity index (χ1v) is 7.04. The zero-order chi connectivity index (χ0) is 13.8. The molecule has 3 heterocycles. The smallest absolute Gasteiger partial charge is 0.150 e. The van der Waals surface area contributed by atoms with Crippen LogP contribution in [-0.4, -0.2) is 28.0 Å². The van der Waals surface area contributed by atoms with E-state index in [1.165, 1.54) is 12.8 Å². The predicted octanol–water partition coefficient (Wildman–Crippen LogP) is 2.39. The topological polar surface area (TPSA) is 62.7 Å². The van der Waals surface area contributed by atoms with Gasteiger partial charge in [-0.2, -0.15) is 0 Å². The van der Waals surface area contributed by atoms with E-state index in [1.54, 1.807) is 6.20 Å². The second-order valence-electron chi connectivity index (χ2n) is 5.16. The average Bonchev–Trinajstić information content (AvgIpc) is 2.48. The fourth-order valence-corrected chi connectivity index (χ4v) is 2.49. The first kappa shape index (κ1) is 13.0. The summed E-state index contributed by atoms with van der Waals surface area (Å²) in [5.74, 6) is 2.02. The lowest BCUT2D eigenvalue weighted by molar-refractivity contribution is 0.454. The minimum Gasteiger partial charge on any atom is -0.324 e. The maximum absolute atomic E-state index is 4.67. The summed E-state index contributed by atoms with van der Waals surface area (Å²) in [6.45, 7) is 4.07. The summed E-state index contributed by atoms with van der Waals surface area (Å²) >= 11 is 0. The molecule has 1 aliphatic heterocycles. The number of hydrogen-bond acceptors (Lipinski definition) is 5. The third-order valence-corrected chi connectivity index (χ3v) is 3.51. The van der Waals surface area contributed by atoms with Gasteiger partial charge >= 0.3 is 0 Å². The largest absolute Gasteiger partial charge is 0.324 e. The van der Waals surface area contributed by atoms with E-state index in [2.05, 4.69) is 25.6 Å². The van der Waals surface area contributed by atoms with Crippen LogP contribution >= 0.6 is 0 Å². The highest BCUT2D eigenvalue weighted by molar-refractivity contribution is 5.50. The Labute approximate surface area is 118 Å². The van der Waals surface area contributed by atoms with Gasteiger partial charge in [-0.1, -0.05) is 6.07 Å². The van der Waals surface area contributed by atoms with Crippen LogP contribution in [0.4, 0.5) is 11.6 Å². The fraction of sp³-hybridized carbons (Fsp3) is 0.400. The molecule has 1 fully saturated rings. The molecule has 0 aromatic carbocycles. The number of nitrogens with zero attached hydrogens (tertiary/aromatic N) is 3. The molecule has 104 valence electrons. The van der Waals surface area contributed by atoms with E-state index in [1.807, 2.05) is 31.3 Å². The molecule has 1 aliphatic rings. The number of pyridine rings is 1. The van der Waals surface area contributed by atoms with E-state index in [4.69, 9.17) is 0 Å². The van der Waals surface area contributed by atoms with Crippen molar-refractivity contribution in [2.24, 2.45) is 0 Å². The maximum Gasteiger partial charge on any atom is 0.150 e. The van der Waals surface area contributed by atoms with E-state index in [0.717, 1.165) is 36.1 Å². The second kappa shape index (κ2) is 5.96. The molecule has 2 aromatic rings. The van der Waals surface area contributed by atoms with Crippen LogP contribution in [0.3, 0.4) is 0 Å². The first-order chi connectivity index (χ1) is 9.81. The molecule has 1 atom stereocenters. The summed E-state index contributed by atoms with van der Waals surface area (Å²) in [7, 11) is 0. The Bertz CT molecular complexity index is 578. The van der Waals surface area contributed by atoms with Gasteiger partial charge in [-0.3, -0.25) is 4.98 Å². The van der Waals surface area contributed by atoms with Crippen LogP contribution in [0.1, 0.15) is 30.1 Å². The summed E-state index contributed by atoms with van der Waals surface area (Å²) in [6.07, 6.45) is 5.98. The molecule has 2 N–H and O–H groups in total. The Balaban J connectivity index is 1.77. The molecular weight excluding hydrogens is 250 g/mol. The van der Waals surface area contributed by atoms with Crippen LogP contribution in [0, 0.1) is 6.92 Å². The van der Waals surface area contributed by atoms with Crippen molar-refractivity contribution in [2.75, 3.05) is 18.4 Å². The standard InChI is InChI=1S/C15H19N5/c1-11-4-2-6-14(18-11)20-15-10-17-9-13(19-15)12-5-3-7-16-8-12/h2,4,6,9-10,12,16H,3,5,7-8H2,1H3,(H,18,19,20)/t12-/m1/s1. The maximum atomic E-state index is 4.67. The van der Waals surface area contributed by atoms with Gasteiger partial charge in [-0.25, -0.2) is 9.97 Å². The Hall–Kier alpha value is -2.01. The highest BCUT2D eigenvalue weighted by atomic mass is 15.1. The van der Waals surface area contributed by atoms with Gasteiger partial charge in [0.2, 0.25) is 0 Å². The molecular formula is C15H19N5. The van der Waals surface area contributed by atoms with Gasteiger partial charge < -0.3 is 10.6 Å². The van der Waals surface area contributed by atoms with E-state index in [-0.39, 0.29) is 0 Å². The van der Waals surface area contributed by atoms with Crippen LogP contribution in [0.15, 0.2) is 30.6 Å². The van der Waals surface area contributed by atoms with Crippen LogP contribution < -0.4 is 10.6 Å². The predicted molar refractivity (Wildman–Crippen MR) is 79.1 cm³/mol. The van der Waals surface area contributed by atoms with Crippen molar-refractivity contribution < 1.29 is 0 Å². The molecule has 0 radical (unpaired) electrons. The van der Waals surface area contributed by atoms with E-state index >= 15 is 0 Å². The third kappa shape index (κ3) is 3.11. The number of aromatic nitrogens is 3. The van der Waals surface area contributed by atoms with Gasteiger partial charge in [-0.05, 0) is 38.4 Å². The molecule has 3 rings (SSSR count). The SMILES string of the molecule is Cc1cccc(Nc2cncc([C@@H]3CCCNC3)n2)n1. The normalized spacial score (nSPS) is 18.8. The molecule has 20 heavy (non-hydrogen) atoms. The minimum atomic E-state index is 0.462. The van der Waals surface area contributed by atoms with Gasteiger partial charge in [0, 0.05) is 24.4 Å². The monoisotopic (exact) mass is 269 g/mol. The molecule has 0 spiro atoms. The zero-order valence-electron chi connectivity index (χ0n) is 11.6. The molecule has 0 aliphatic carbocycles. The van der Waals surface area contributed by atoms with Crippen LogP contribution in [0.5, 0.6) is 0 Å². The number of rotatable bonds is 3. The van der Waals surface area contributed by atoms with Gasteiger partial charge in [0.25, 0.3) is 0 Å². The van der Waals surface area contributed by atoms with E-state index in [0.29, 0.717) is 5.92 Å². The molecule has 0 amide bonds. The molecule has 0 bridgehead atoms. The summed E-state index contributed by atoms with van der Waals surface area (Å²) in [5, 5.41) is 6.63. The summed E-state index contributed by atoms with van der Waals surface area (Å²) in [4.78, 5) is 13.4. The molecule has 0 saturated carbocycles. The quantitative estimate of drug-likeness (QED) is 0.896. The number of aryl methyl sites for hydroxylation is 1. The van der Waals surface area contributed by atoms with Crippen LogP contribution in [0.2, 0.25) is 0 Å². The van der Waals surface area contributed by atoms with Crippen molar-refractivity contribution in [1.29, 1.82) is 0 Å². The van der Waals surface area contributed by atoms with Gasteiger partial charge in [0.1, 0.15) is 11.6 Å². The molecule has 5 nitrogen and oxygen atoms in total. The molecule has 1 saturated heterocycles. The Morgan fingerprint density at radius 2 is 2.15 bits per heavy atom. The highest BCUT2D eigenvalue weighted by Crippen LogP contribution is 2.22. The second-order valence-corrected chi connectivity index (χ2v) is 5.16. The van der Waals surface area contributed by atoms with Gasteiger partial charge in [-0.15, -0.1) is 0 Å².